The predicted molar refractivity (Wildman–Crippen MR) is 172 cm³/mol. The molecule has 12 nitrogen and oxygen atoms in total. The number of unbranched alkanes of at least 4 members (excludes halogenated alkanes) is 1. The van der Waals surface area contributed by atoms with Crippen molar-refractivity contribution >= 4 is 29.8 Å². The minimum absolute atomic E-state index is 0.202. The van der Waals surface area contributed by atoms with Crippen LogP contribution in [0.3, 0.4) is 0 Å². The third kappa shape index (κ3) is 20.5. The maximum Gasteiger partial charge on any atom is 0.490 e. The van der Waals surface area contributed by atoms with Crippen LogP contribution in [0.1, 0.15) is 105 Å². The van der Waals surface area contributed by atoms with Crippen molar-refractivity contribution in [2.24, 2.45) is 29.2 Å². The molecule has 0 aromatic heterocycles. The average Bonchev–Trinajstić information content (AvgIpc) is 2.98. The second-order valence-corrected chi connectivity index (χ2v) is 12.2. The molecule has 0 unspecified atom stereocenters. The lowest BCUT2D eigenvalue weighted by molar-refractivity contribution is -0.192. The van der Waals surface area contributed by atoms with Gasteiger partial charge in [-0.15, -0.1) is 0 Å². The van der Waals surface area contributed by atoms with Crippen LogP contribution in [0.5, 0.6) is 0 Å². The van der Waals surface area contributed by atoms with Crippen LogP contribution >= 0.6 is 0 Å². The molecule has 15 heteroatoms. The number of hydrogen-bond acceptors (Lipinski definition) is 7. The molecule has 1 saturated carbocycles. The van der Waals surface area contributed by atoms with Crippen molar-refractivity contribution in [2.45, 2.75) is 129 Å². The summed E-state index contributed by atoms with van der Waals surface area (Å²) in [6.45, 7) is 8.48. The Balaban J connectivity index is 0.00000270. The molecule has 0 heterocycles. The van der Waals surface area contributed by atoms with Gasteiger partial charge in [-0.2, -0.15) is 13.2 Å². The molecule has 4 amide bonds. The summed E-state index contributed by atoms with van der Waals surface area (Å²) in [7, 11) is 0. The standard InChI is InChI=1S/C30H55N5O5.C2HF3O2/c1-5-12-24(17-16-23(27(32)36)19-21(3)4)33-28(37)25(15-10-11-18-31)34-29(38)26(35-30(39)40-6-2)20-22-13-8-7-9-14-22;3-2(4,5)1(6)7/h16-17,21-26H,5-15,18-20,31H2,1-4H3,(H2,32,36)(H,33,37)(H,34,38)(H,35,39);(H,6,7)/b17-16+;/t23-,24-,25-,26-;/m0./s1. The van der Waals surface area contributed by atoms with E-state index in [0.29, 0.717) is 50.5 Å². The molecular weight excluding hydrogens is 623 g/mol. The zero-order valence-corrected chi connectivity index (χ0v) is 28.2. The summed E-state index contributed by atoms with van der Waals surface area (Å²) in [6.07, 6.45) is 7.79. The number of carboxylic acids is 1. The molecule has 1 fully saturated rings. The van der Waals surface area contributed by atoms with Gasteiger partial charge in [0, 0.05) is 6.04 Å². The van der Waals surface area contributed by atoms with Crippen molar-refractivity contribution in [3.05, 3.63) is 12.2 Å². The third-order valence-corrected chi connectivity index (χ3v) is 7.59. The van der Waals surface area contributed by atoms with Crippen LogP contribution in [-0.2, 0) is 23.9 Å². The first-order valence-corrected chi connectivity index (χ1v) is 16.6. The lowest BCUT2D eigenvalue weighted by Crippen LogP contribution is -2.55. The molecular formula is C32H56F3N5O7. The SMILES string of the molecule is CCC[C@@H](/C=C/[C@@H](CC(C)C)C(N)=O)NC(=O)[C@H](CCCCN)NC(=O)[C@H](CC1CCCCC1)NC(=O)OCC.O=C(O)C(F)(F)F. The Morgan fingerprint density at radius 1 is 0.915 bits per heavy atom. The Morgan fingerprint density at radius 2 is 1.51 bits per heavy atom. The smallest absolute Gasteiger partial charge is 0.475 e. The maximum absolute atomic E-state index is 13.5. The number of ether oxygens (including phenoxy) is 1. The Bertz CT molecular complexity index is 989. The van der Waals surface area contributed by atoms with Gasteiger partial charge in [0.15, 0.2) is 0 Å². The first-order chi connectivity index (χ1) is 22.0. The second kappa shape index (κ2) is 23.9. The zero-order chi connectivity index (χ0) is 36.0. The van der Waals surface area contributed by atoms with Gasteiger partial charge in [0.05, 0.1) is 12.5 Å². The molecule has 47 heavy (non-hydrogen) atoms. The van der Waals surface area contributed by atoms with E-state index in [1.54, 1.807) is 13.0 Å². The molecule has 0 aliphatic heterocycles. The fourth-order valence-corrected chi connectivity index (χ4v) is 5.21. The number of nitrogens with one attached hydrogen (secondary N) is 3. The van der Waals surface area contributed by atoms with Crippen LogP contribution in [0, 0.1) is 17.8 Å². The van der Waals surface area contributed by atoms with Crippen LogP contribution in [0.2, 0.25) is 0 Å². The second-order valence-electron chi connectivity index (χ2n) is 12.2. The minimum atomic E-state index is -5.08. The number of carbonyl (C=O) groups is 5. The number of amides is 4. The van der Waals surface area contributed by atoms with E-state index in [0.717, 1.165) is 38.5 Å². The predicted octanol–water partition coefficient (Wildman–Crippen LogP) is 4.31. The molecule has 0 radical (unpaired) electrons. The van der Waals surface area contributed by atoms with Gasteiger partial charge >= 0.3 is 18.2 Å². The van der Waals surface area contributed by atoms with Gasteiger partial charge in [0.1, 0.15) is 12.1 Å². The fraction of sp³-hybridized carbons (Fsp3) is 0.781. The van der Waals surface area contributed by atoms with Crippen molar-refractivity contribution in [3.8, 4) is 0 Å². The van der Waals surface area contributed by atoms with Crippen LogP contribution in [0.15, 0.2) is 12.2 Å². The molecule has 1 aliphatic carbocycles. The van der Waals surface area contributed by atoms with Gasteiger partial charge in [-0.3, -0.25) is 14.4 Å². The number of hydrogen-bond donors (Lipinski definition) is 6. The topological polar surface area (TPSA) is 203 Å². The van der Waals surface area contributed by atoms with Gasteiger partial charge in [-0.05, 0) is 63.8 Å². The number of carboxylic acid groups (broad SMARTS) is 1. The number of alkyl halides is 3. The summed E-state index contributed by atoms with van der Waals surface area (Å²) in [5, 5.41) is 15.8. The van der Waals surface area contributed by atoms with E-state index in [1.807, 2.05) is 26.8 Å². The summed E-state index contributed by atoms with van der Waals surface area (Å²) in [6, 6.07) is -1.88. The van der Waals surface area contributed by atoms with Crippen LogP contribution < -0.4 is 27.4 Å². The van der Waals surface area contributed by atoms with Crippen molar-refractivity contribution in [3.63, 3.8) is 0 Å². The van der Waals surface area contributed by atoms with E-state index in [9.17, 15) is 32.3 Å². The molecule has 4 atom stereocenters. The van der Waals surface area contributed by atoms with E-state index in [1.165, 1.54) is 6.42 Å². The highest BCUT2D eigenvalue weighted by atomic mass is 19.4. The van der Waals surface area contributed by atoms with E-state index in [2.05, 4.69) is 16.0 Å². The van der Waals surface area contributed by atoms with Crippen LogP contribution in [-0.4, -0.2) is 72.3 Å². The Morgan fingerprint density at radius 3 is 2.00 bits per heavy atom. The fourth-order valence-electron chi connectivity index (χ4n) is 5.21. The zero-order valence-electron chi connectivity index (χ0n) is 28.2. The lowest BCUT2D eigenvalue weighted by atomic mass is 9.84. The molecule has 0 saturated heterocycles. The van der Waals surface area contributed by atoms with Gasteiger partial charge < -0.3 is 37.3 Å². The number of primary amides is 1. The molecule has 0 bridgehead atoms. The molecule has 0 aromatic carbocycles. The molecule has 0 aromatic rings. The lowest BCUT2D eigenvalue weighted by Gasteiger charge is -2.28. The minimum Gasteiger partial charge on any atom is -0.475 e. The summed E-state index contributed by atoms with van der Waals surface area (Å²) in [4.78, 5) is 60.0. The van der Waals surface area contributed by atoms with Gasteiger partial charge in [0.25, 0.3) is 0 Å². The largest absolute Gasteiger partial charge is 0.490 e. The summed E-state index contributed by atoms with van der Waals surface area (Å²) >= 11 is 0. The number of carbonyl (C=O) groups excluding carboxylic acids is 4. The molecule has 8 N–H and O–H groups in total. The maximum atomic E-state index is 13.5. The highest BCUT2D eigenvalue weighted by molar-refractivity contribution is 5.91. The van der Waals surface area contributed by atoms with E-state index < -0.39 is 42.1 Å². The summed E-state index contributed by atoms with van der Waals surface area (Å²) < 4.78 is 36.8. The summed E-state index contributed by atoms with van der Waals surface area (Å²) in [5.74, 6) is -3.62. The highest BCUT2D eigenvalue weighted by Crippen LogP contribution is 2.27. The van der Waals surface area contributed by atoms with E-state index >= 15 is 0 Å². The van der Waals surface area contributed by atoms with Crippen molar-refractivity contribution in [1.82, 2.24) is 16.0 Å². The van der Waals surface area contributed by atoms with Crippen LogP contribution in [0.4, 0.5) is 18.0 Å². The molecule has 1 aliphatic rings. The Kier molecular flexibility index (Phi) is 22.2. The van der Waals surface area contributed by atoms with Gasteiger partial charge in [-0.1, -0.05) is 71.4 Å². The van der Waals surface area contributed by atoms with E-state index in [4.69, 9.17) is 26.1 Å². The number of nitrogens with two attached hydrogens (primary N) is 2. The average molecular weight is 680 g/mol. The molecule has 272 valence electrons. The first-order valence-electron chi connectivity index (χ1n) is 16.6. The Hall–Kier alpha value is -3.36. The van der Waals surface area contributed by atoms with Crippen LogP contribution in [0.25, 0.3) is 0 Å². The number of halogens is 3. The van der Waals surface area contributed by atoms with E-state index in [-0.39, 0.29) is 24.5 Å². The van der Waals surface area contributed by atoms with Crippen molar-refractivity contribution in [2.75, 3.05) is 13.2 Å². The number of rotatable bonds is 19. The van der Waals surface area contributed by atoms with Crippen molar-refractivity contribution in [1.29, 1.82) is 0 Å². The van der Waals surface area contributed by atoms with Crippen molar-refractivity contribution < 1.29 is 47.0 Å². The summed E-state index contributed by atoms with van der Waals surface area (Å²) in [5.41, 5.74) is 11.3. The van der Waals surface area contributed by atoms with Gasteiger partial charge in [0.2, 0.25) is 17.7 Å². The highest BCUT2D eigenvalue weighted by Gasteiger charge is 2.38. The monoisotopic (exact) mass is 679 g/mol. The molecule has 0 spiro atoms. The van der Waals surface area contributed by atoms with Gasteiger partial charge in [-0.25, -0.2) is 9.59 Å². The first kappa shape index (κ1) is 43.6. The third-order valence-electron chi connectivity index (χ3n) is 7.59. The number of alkyl carbamates (subject to hydrolysis) is 1. The quantitative estimate of drug-likeness (QED) is 0.0856. The Labute approximate surface area is 276 Å². The number of aliphatic carboxylic acids is 1. The molecule has 1 rings (SSSR count). The normalized spacial score (nSPS) is 16.3.